The van der Waals surface area contributed by atoms with E-state index < -0.39 is 40.2 Å². The van der Waals surface area contributed by atoms with E-state index in [4.69, 9.17) is 11.6 Å². The minimum atomic E-state index is -2.74. The summed E-state index contributed by atoms with van der Waals surface area (Å²) in [5, 5.41) is 12.0. The lowest BCUT2D eigenvalue weighted by molar-refractivity contribution is -0.385. The van der Waals surface area contributed by atoms with E-state index in [1.807, 2.05) is 5.32 Å². The maximum absolute atomic E-state index is 11.9. The van der Waals surface area contributed by atoms with Crippen molar-refractivity contribution in [3.8, 4) is 0 Å². The molecule has 17 heavy (non-hydrogen) atoms. The van der Waals surface area contributed by atoms with E-state index >= 15 is 0 Å². The number of carbonyl (C=O) groups excluding carboxylic acids is 1. The molecule has 1 aromatic rings. The van der Waals surface area contributed by atoms with Gasteiger partial charge >= 0.3 is 5.69 Å². The number of nitro groups is 1. The highest BCUT2D eigenvalue weighted by Crippen LogP contribution is 2.25. The van der Waals surface area contributed by atoms with Gasteiger partial charge in [0.15, 0.2) is 0 Å². The number of amides is 1. The van der Waals surface area contributed by atoms with Crippen LogP contribution in [0.5, 0.6) is 0 Å². The number of hydrogen-bond donors (Lipinski definition) is 1. The van der Waals surface area contributed by atoms with Gasteiger partial charge in [-0.2, -0.15) is 0 Å². The fraction of sp³-hybridized carbons (Fsp3) is 0.250. The first-order valence-electron chi connectivity index (χ1n) is 4.28. The Morgan fingerprint density at radius 3 is 2.82 bits per heavy atom. The highest BCUT2D eigenvalue weighted by molar-refractivity contribution is 6.32. The van der Waals surface area contributed by atoms with Crippen molar-refractivity contribution < 1.29 is 18.5 Å². The predicted octanol–water partition coefficient (Wildman–Crippen LogP) is 1.64. The Hall–Kier alpha value is -1.83. The van der Waals surface area contributed by atoms with Gasteiger partial charge in [0.1, 0.15) is 5.56 Å². The largest absolute Gasteiger partial charge is 0.346 e. The quantitative estimate of drug-likeness (QED) is 0.509. The molecule has 1 amide bonds. The van der Waals surface area contributed by atoms with Gasteiger partial charge in [-0.3, -0.25) is 14.9 Å². The van der Waals surface area contributed by atoms with E-state index in [2.05, 4.69) is 4.98 Å². The summed E-state index contributed by atoms with van der Waals surface area (Å²) in [6, 6.07) is 1.03. The van der Waals surface area contributed by atoms with Crippen molar-refractivity contribution in [3.05, 3.63) is 33.1 Å². The van der Waals surface area contributed by atoms with Crippen molar-refractivity contribution in [2.45, 2.75) is 6.43 Å². The molecule has 0 bridgehead atoms. The van der Waals surface area contributed by atoms with Crippen molar-refractivity contribution >= 4 is 23.2 Å². The number of nitrogens with zero attached hydrogens (tertiary/aromatic N) is 2. The first kappa shape index (κ1) is 13.2. The normalized spacial score (nSPS) is 10.4. The first-order valence-corrected chi connectivity index (χ1v) is 4.66. The lowest BCUT2D eigenvalue weighted by atomic mass is 10.2. The average molecular weight is 266 g/mol. The van der Waals surface area contributed by atoms with Crippen molar-refractivity contribution in [3.63, 3.8) is 0 Å². The second-order valence-corrected chi connectivity index (χ2v) is 3.21. The van der Waals surface area contributed by atoms with Crippen LogP contribution in [0.25, 0.3) is 0 Å². The maximum Gasteiger partial charge on any atom is 0.319 e. The molecule has 1 N–H and O–H groups in total. The average Bonchev–Trinajstić information content (AvgIpc) is 2.24. The Labute approximate surface area is 98.7 Å². The van der Waals surface area contributed by atoms with Crippen molar-refractivity contribution in [2.24, 2.45) is 0 Å². The first-order chi connectivity index (χ1) is 7.93. The Balaban J connectivity index is 3.01. The van der Waals surface area contributed by atoms with Crippen LogP contribution in [0.1, 0.15) is 10.4 Å². The number of rotatable bonds is 4. The van der Waals surface area contributed by atoms with E-state index in [1.54, 1.807) is 0 Å². The van der Waals surface area contributed by atoms with Crippen LogP contribution in [0.4, 0.5) is 14.5 Å². The van der Waals surface area contributed by atoms with Crippen LogP contribution < -0.4 is 5.32 Å². The highest BCUT2D eigenvalue weighted by atomic mass is 35.5. The fourth-order valence-electron chi connectivity index (χ4n) is 1.05. The van der Waals surface area contributed by atoms with Gasteiger partial charge in [0.05, 0.1) is 11.5 Å². The Bertz CT molecular complexity index is 456. The Morgan fingerprint density at radius 2 is 2.29 bits per heavy atom. The lowest BCUT2D eigenvalue weighted by Crippen LogP contribution is -2.29. The smallest absolute Gasteiger partial charge is 0.319 e. The third-order valence-corrected chi connectivity index (χ3v) is 2.00. The summed E-state index contributed by atoms with van der Waals surface area (Å²) in [7, 11) is 0. The Kier molecular flexibility index (Phi) is 4.27. The molecule has 1 aromatic heterocycles. The SMILES string of the molecule is O=C(NCC(F)F)c1ccnc(Cl)c1[N+](=O)[O-]. The zero-order chi connectivity index (χ0) is 13.0. The van der Waals surface area contributed by atoms with Crippen molar-refractivity contribution in [1.82, 2.24) is 10.3 Å². The number of hydrogen-bond acceptors (Lipinski definition) is 4. The van der Waals surface area contributed by atoms with Gasteiger partial charge in [0.25, 0.3) is 12.3 Å². The van der Waals surface area contributed by atoms with Gasteiger partial charge in [-0.25, -0.2) is 13.8 Å². The molecule has 0 saturated carbocycles. The van der Waals surface area contributed by atoms with E-state index in [9.17, 15) is 23.7 Å². The van der Waals surface area contributed by atoms with Gasteiger partial charge in [-0.1, -0.05) is 11.6 Å². The molecule has 0 aromatic carbocycles. The van der Waals surface area contributed by atoms with Gasteiger partial charge in [-0.15, -0.1) is 0 Å². The summed E-state index contributed by atoms with van der Waals surface area (Å²) in [5.74, 6) is -0.999. The standard InChI is InChI=1S/C8H6ClF2N3O3/c9-7-6(14(16)17)4(1-2-12-7)8(15)13-3-5(10)11/h1-2,5H,3H2,(H,13,15). The summed E-state index contributed by atoms with van der Waals surface area (Å²) >= 11 is 5.45. The molecule has 0 unspecified atom stereocenters. The summed E-state index contributed by atoms with van der Waals surface area (Å²) < 4.78 is 23.7. The maximum atomic E-state index is 11.9. The highest BCUT2D eigenvalue weighted by Gasteiger charge is 2.24. The monoisotopic (exact) mass is 265 g/mol. The van der Waals surface area contributed by atoms with E-state index in [-0.39, 0.29) is 0 Å². The summed E-state index contributed by atoms with van der Waals surface area (Å²) in [6.45, 7) is -0.893. The summed E-state index contributed by atoms with van der Waals surface area (Å²) in [5.41, 5.74) is -1.11. The van der Waals surface area contributed by atoms with Gasteiger partial charge < -0.3 is 5.32 Å². The van der Waals surface area contributed by atoms with Gasteiger partial charge in [0.2, 0.25) is 5.15 Å². The molecule has 0 radical (unpaired) electrons. The molecular weight excluding hydrogens is 260 g/mol. The molecule has 1 heterocycles. The van der Waals surface area contributed by atoms with Crippen LogP contribution in [0.15, 0.2) is 12.3 Å². The molecular formula is C8H6ClF2N3O3. The molecule has 1 rings (SSSR count). The van der Waals surface area contributed by atoms with Gasteiger partial charge in [-0.05, 0) is 6.07 Å². The minimum absolute atomic E-state index is 0.407. The molecule has 0 atom stereocenters. The van der Waals surface area contributed by atoms with Crippen LogP contribution in [0.2, 0.25) is 5.15 Å². The zero-order valence-electron chi connectivity index (χ0n) is 8.19. The minimum Gasteiger partial charge on any atom is -0.346 e. The number of alkyl halides is 2. The molecule has 0 aliphatic carbocycles. The molecule has 0 fully saturated rings. The molecule has 0 aliphatic rings. The molecule has 0 saturated heterocycles. The van der Waals surface area contributed by atoms with E-state index in [1.165, 1.54) is 0 Å². The van der Waals surface area contributed by atoms with Gasteiger partial charge in [0, 0.05) is 6.20 Å². The fourth-order valence-corrected chi connectivity index (χ4v) is 1.28. The van der Waals surface area contributed by atoms with Crippen LogP contribution >= 0.6 is 11.6 Å². The number of pyridine rings is 1. The predicted molar refractivity (Wildman–Crippen MR) is 54.2 cm³/mol. The molecule has 0 spiro atoms. The number of carbonyl (C=O) groups is 1. The third kappa shape index (κ3) is 3.31. The Morgan fingerprint density at radius 1 is 1.65 bits per heavy atom. The summed E-state index contributed by atoms with van der Waals surface area (Å²) in [4.78, 5) is 24.6. The zero-order valence-corrected chi connectivity index (χ0v) is 8.95. The van der Waals surface area contributed by atoms with Crippen LogP contribution in [-0.2, 0) is 0 Å². The van der Waals surface area contributed by atoms with E-state index in [0.29, 0.717) is 0 Å². The summed E-state index contributed by atoms with van der Waals surface area (Å²) in [6.07, 6.45) is -1.66. The number of halogens is 3. The topological polar surface area (TPSA) is 85.1 Å². The molecule has 92 valence electrons. The molecule has 6 nitrogen and oxygen atoms in total. The molecule has 9 heteroatoms. The van der Waals surface area contributed by atoms with Crippen LogP contribution in [0, 0.1) is 10.1 Å². The third-order valence-electron chi connectivity index (χ3n) is 1.72. The number of nitrogens with one attached hydrogen (secondary N) is 1. The lowest BCUT2D eigenvalue weighted by Gasteiger charge is -2.05. The van der Waals surface area contributed by atoms with Crippen LogP contribution in [-0.4, -0.2) is 28.8 Å². The van der Waals surface area contributed by atoms with Crippen molar-refractivity contribution in [1.29, 1.82) is 0 Å². The molecule has 0 aliphatic heterocycles. The number of aromatic nitrogens is 1. The van der Waals surface area contributed by atoms with E-state index in [0.717, 1.165) is 12.3 Å². The second kappa shape index (κ2) is 5.48. The van der Waals surface area contributed by atoms with Crippen LogP contribution in [0.3, 0.4) is 0 Å². The second-order valence-electron chi connectivity index (χ2n) is 2.86. The van der Waals surface area contributed by atoms with Crippen molar-refractivity contribution in [2.75, 3.05) is 6.54 Å².